The van der Waals surface area contributed by atoms with Crippen LogP contribution in [0, 0.1) is 6.92 Å². The van der Waals surface area contributed by atoms with E-state index in [2.05, 4.69) is 9.97 Å². The lowest BCUT2D eigenvalue weighted by Crippen LogP contribution is -2.13. The summed E-state index contributed by atoms with van der Waals surface area (Å²) >= 11 is 1.38. The Balaban J connectivity index is 1.91. The Morgan fingerprint density at radius 2 is 2.04 bits per heavy atom. The number of rotatable bonds is 5. The predicted octanol–water partition coefficient (Wildman–Crippen LogP) is 4.27. The molecule has 0 amide bonds. The highest BCUT2D eigenvalue weighted by atomic mass is 32.2. The zero-order valence-electron chi connectivity index (χ0n) is 13.1. The Morgan fingerprint density at radius 3 is 2.78 bits per heavy atom. The molecule has 0 aliphatic rings. The largest absolute Gasteiger partial charge is 0.465 e. The van der Waals surface area contributed by atoms with Crippen LogP contribution in [-0.4, -0.2) is 22.5 Å². The van der Waals surface area contributed by atoms with Crippen LogP contribution in [0.15, 0.2) is 53.7 Å². The van der Waals surface area contributed by atoms with Crippen molar-refractivity contribution in [1.29, 1.82) is 0 Å². The summed E-state index contributed by atoms with van der Waals surface area (Å²) in [5.74, 6) is -0.250. The molecule has 1 aromatic heterocycles. The fraction of sp³-hybridized carbons (Fsp3) is 0.222. The molecule has 3 rings (SSSR count). The number of aromatic amines is 1. The Morgan fingerprint density at radius 1 is 1.26 bits per heavy atom. The van der Waals surface area contributed by atoms with Crippen LogP contribution < -0.4 is 0 Å². The van der Waals surface area contributed by atoms with Gasteiger partial charge < -0.3 is 9.72 Å². The molecule has 0 aliphatic carbocycles. The molecule has 1 atom stereocenters. The maximum Gasteiger partial charge on any atom is 0.324 e. The van der Waals surface area contributed by atoms with E-state index in [1.54, 1.807) is 0 Å². The molecule has 0 radical (unpaired) electrons. The fourth-order valence-electron chi connectivity index (χ4n) is 2.37. The molecular weight excluding hydrogens is 308 g/mol. The van der Waals surface area contributed by atoms with Crippen molar-refractivity contribution in [2.75, 3.05) is 6.61 Å². The monoisotopic (exact) mass is 326 g/mol. The third kappa shape index (κ3) is 3.56. The van der Waals surface area contributed by atoms with Crippen molar-refractivity contribution in [3.8, 4) is 0 Å². The molecule has 0 bridgehead atoms. The highest BCUT2D eigenvalue weighted by Crippen LogP contribution is 2.35. The summed E-state index contributed by atoms with van der Waals surface area (Å²) in [5.41, 5.74) is 3.95. The Bertz CT molecular complexity index is 814. The van der Waals surface area contributed by atoms with Crippen LogP contribution in [0.5, 0.6) is 0 Å². The lowest BCUT2D eigenvalue weighted by molar-refractivity contribution is -0.142. The van der Waals surface area contributed by atoms with E-state index in [1.807, 2.05) is 62.4 Å². The van der Waals surface area contributed by atoms with Gasteiger partial charge in [-0.25, -0.2) is 4.98 Å². The molecule has 0 saturated heterocycles. The summed E-state index contributed by atoms with van der Waals surface area (Å²) in [6, 6.07) is 15.7. The highest BCUT2D eigenvalue weighted by molar-refractivity contribution is 8.00. The summed E-state index contributed by atoms with van der Waals surface area (Å²) in [4.78, 5) is 20.2. The Labute approximate surface area is 139 Å². The van der Waals surface area contributed by atoms with Gasteiger partial charge in [0.25, 0.3) is 0 Å². The van der Waals surface area contributed by atoms with Crippen LogP contribution in [-0.2, 0) is 9.53 Å². The number of hydrogen-bond acceptors (Lipinski definition) is 4. The van der Waals surface area contributed by atoms with E-state index < -0.39 is 5.25 Å². The Kier molecular flexibility index (Phi) is 4.67. The SMILES string of the molecule is CCOC(=O)[C@@H](Sc1nc2ccc(C)cc2[nH]1)c1ccccc1. The van der Waals surface area contributed by atoms with Crippen LogP contribution in [0.4, 0.5) is 0 Å². The zero-order valence-corrected chi connectivity index (χ0v) is 13.9. The molecule has 0 unspecified atom stereocenters. The highest BCUT2D eigenvalue weighted by Gasteiger charge is 2.24. The number of carbonyl (C=O) groups is 1. The molecule has 3 aromatic rings. The number of nitrogens with zero attached hydrogens (tertiary/aromatic N) is 1. The van der Waals surface area contributed by atoms with Crippen LogP contribution in [0.25, 0.3) is 11.0 Å². The van der Waals surface area contributed by atoms with Crippen LogP contribution >= 0.6 is 11.8 Å². The first-order valence-electron chi connectivity index (χ1n) is 7.52. The lowest BCUT2D eigenvalue weighted by atomic mass is 10.1. The quantitative estimate of drug-likeness (QED) is 0.562. The molecule has 0 fully saturated rings. The smallest absolute Gasteiger partial charge is 0.324 e. The van der Waals surface area contributed by atoms with Gasteiger partial charge in [0, 0.05) is 0 Å². The number of carbonyl (C=O) groups excluding carboxylic acids is 1. The van der Waals surface area contributed by atoms with Gasteiger partial charge in [0.1, 0.15) is 5.25 Å². The van der Waals surface area contributed by atoms with Gasteiger partial charge in [-0.05, 0) is 37.1 Å². The zero-order chi connectivity index (χ0) is 16.2. The molecule has 23 heavy (non-hydrogen) atoms. The molecule has 4 nitrogen and oxygen atoms in total. The van der Waals surface area contributed by atoms with Gasteiger partial charge in [-0.1, -0.05) is 48.2 Å². The average molecular weight is 326 g/mol. The van der Waals surface area contributed by atoms with Crippen LogP contribution in [0.3, 0.4) is 0 Å². The first kappa shape index (κ1) is 15.6. The molecule has 0 spiro atoms. The predicted molar refractivity (Wildman–Crippen MR) is 92.5 cm³/mol. The molecule has 118 valence electrons. The maximum absolute atomic E-state index is 12.3. The number of hydrogen-bond donors (Lipinski definition) is 1. The summed E-state index contributed by atoms with van der Waals surface area (Å²) in [5, 5.41) is 0.283. The number of esters is 1. The minimum atomic E-state index is -0.433. The number of nitrogens with one attached hydrogen (secondary N) is 1. The van der Waals surface area contributed by atoms with E-state index in [4.69, 9.17) is 4.74 Å². The van der Waals surface area contributed by atoms with E-state index in [0.29, 0.717) is 11.8 Å². The molecule has 0 saturated carbocycles. The third-order valence-corrected chi connectivity index (χ3v) is 4.57. The molecular formula is C18H18N2O2S. The minimum Gasteiger partial charge on any atom is -0.465 e. The second-order valence-electron chi connectivity index (χ2n) is 5.22. The molecule has 5 heteroatoms. The number of H-pyrrole nitrogens is 1. The number of aromatic nitrogens is 2. The van der Waals surface area contributed by atoms with E-state index in [0.717, 1.165) is 16.6 Å². The fourth-order valence-corrected chi connectivity index (χ4v) is 3.37. The summed E-state index contributed by atoms with van der Waals surface area (Å²) in [6.45, 7) is 4.22. The second-order valence-corrected chi connectivity index (χ2v) is 6.32. The van der Waals surface area contributed by atoms with E-state index in [1.165, 1.54) is 17.3 Å². The van der Waals surface area contributed by atoms with Crippen LogP contribution in [0.1, 0.15) is 23.3 Å². The van der Waals surface area contributed by atoms with Crippen LogP contribution in [0.2, 0.25) is 0 Å². The normalized spacial score (nSPS) is 12.3. The molecule has 0 aliphatic heterocycles. The van der Waals surface area contributed by atoms with Gasteiger partial charge in [-0.2, -0.15) is 0 Å². The van der Waals surface area contributed by atoms with Gasteiger partial charge in [0.15, 0.2) is 5.16 Å². The third-order valence-electron chi connectivity index (χ3n) is 3.45. The van der Waals surface area contributed by atoms with Gasteiger partial charge >= 0.3 is 5.97 Å². The van der Waals surface area contributed by atoms with Crippen molar-refractivity contribution in [3.05, 3.63) is 59.7 Å². The molecule has 2 aromatic carbocycles. The number of fused-ring (bicyclic) bond motifs is 1. The summed E-state index contributed by atoms with van der Waals surface area (Å²) in [7, 11) is 0. The van der Waals surface area contributed by atoms with Crippen molar-refractivity contribution in [3.63, 3.8) is 0 Å². The van der Waals surface area contributed by atoms with Crippen molar-refractivity contribution in [2.45, 2.75) is 24.3 Å². The van der Waals surface area contributed by atoms with E-state index >= 15 is 0 Å². The topological polar surface area (TPSA) is 55.0 Å². The molecule has 1 N–H and O–H groups in total. The van der Waals surface area contributed by atoms with Gasteiger partial charge in [-0.3, -0.25) is 4.79 Å². The first-order valence-corrected chi connectivity index (χ1v) is 8.40. The van der Waals surface area contributed by atoms with Gasteiger partial charge in [0.05, 0.1) is 17.6 Å². The van der Waals surface area contributed by atoms with E-state index in [9.17, 15) is 4.79 Å². The van der Waals surface area contributed by atoms with Crippen molar-refractivity contribution in [1.82, 2.24) is 9.97 Å². The Hall–Kier alpha value is -2.27. The number of ether oxygens (including phenoxy) is 1. The second kappa shape index (κ2) is 6.87. The standard InChI is InChI=1S/C18H18N2O2S/c1-3-22-17(21)16(13-7-5-4-6-8-13)23-18-19-14-10-9-12(2)11-15(14)20-18/h4-11,16H,3H2,1-2H3,(H,19,20)/t16-/m0/s1. The summed E-state index contributed by atoms with van der Waals surface area (Å²) in [6.07, 6.45) is 0. The van der Waals surface area contributed by atoms with Gasteiger partial charge in [0.2, 0.25) is 0 Å². The van der Waals surface area contributed by atoms with Gasteiger partial charge in [-0.15, -0.1) is 0 Å². The number of imidazole rings is 1. The van der Waals surface area contributed by atoms with Crippen molar-refractivity contribution >= 4 is 28.8 Å². The first-order chi connectivity index (χ1) is 11.2. The van der Waals surface area contributed by atoms with Crippen molar-refractivity contribution in [2.24, 2.45) is 0 Å². The number of aryl methyl sites for hydroxylation is 1. The average Bonchev–Trinajstić information content (AvgIpc) is 2.95. The molecule has 1 heterocycles. The number of benzene rings is 2. The van der Waals surface area contributed by atoms with E-state index in [-0.39, 0.29) is 5.97 Å². The van der Waals surface area contributed by atoms with Crippen molar-refractivity contribution < 1.29 is 9.53 Å². The maximum atomic E-state index is 12.3. The number of thioether (sulfide) groups is 1. The minimum absolute atomic E-state index is 0.250. The lowest BCUT2D eigenvalue weighted by Gasteiger charge is -2.14. The summed E-state index contributed by atoms with van der Waals surface area (Å²) < 4.78 is 5.22.